The van der Waals surface area contributed by atoms with Crippen molar-refractivity contribution < 1.29 is 0 Å². The van der Waals surface area contributed by atoms with E-state index in [4.69, 9.17) is 4.98 Å². The van der Waals surface area contributed by atoms with E-state index in [1.165, 1.54) is 11.1 Å². The Morgan fingerprint density at radius 1 is 0.808 bits per heavy atom. The highest BCUT2D eigenvalue weighted by Crippen LogP contribution is 2.34. The van der Waals surface area contributed by atoms with Crippen LogP contribution in [0.5, 0.6) is 0 Å². The molecule has 0 bridgehead atoms. The third-order valence-corrected chi connectivity index (χ3v) is 4.41. The van der Waals surface area contributed by atoms with Crippen LogP contribution in [0.3, 0.4) is 0 Å². The van der Waals surface area contributed by atoms with Crippen LogP contribution in [0, 0.1) is 20.8 Å². The molecule has 0 aliphatic heterocycles. The maximum Gasteiger partial charge on any atom is 0.187 e. The summed E-state index contributed by atoms with van der Waals surface area (Å²) in [5.41, 5.74) is 7.18. The van der Waals surface area contributed by atoms with Gasteiger partial charge in [0.2, 0.25) is 0 Å². The molecule has 0 saturated heterocycles. The molecule has 4 rings (SSSR count). The highest BCUT2D eigenvalue weighted by molar-refractivity contribution is 5.77. The van der Waals surface area contributed by atoms with Gasteiger partial charge in [-0.05, 0) is 62.2 Å². The van der Waals surface area contributed by atoms with E-state index in [-0.39, 0.29) is 0 Å². The zero-order valence-electron chi connectivity index (χ0n) is 15.1. The van der Waals surface area contributed by atoms with Gasteiger partial charge >= 0.3 is 0 Å². The second-order valence-electron chi connectivity index (χ2n) is 6.57. The molecule has 0 aliphatic carbocycles. The van der Waals surface area contributed by atoms with Gasteiger partial charge in [0.05, 0.1) is 5.69 Å². The number of rotatable bonds is 3. The van der Waals surface area contributed by atoms with Gasteiger partial charge in [-0.25, -0.2) is 4.98 Å². The Bertz CT molecular complexity index is 1120. The Labute approximate surface area is 152 Å². The number of aromatic nitrogens is 2. The van der Waals surface area contributed by atoms with Gasteiger partial charge in [-0.15, -0.1) is 10.2 Å². The number of hydrogen-bond acceptors (Lipinski definition) is 3. The lowest BCUT2D eigenvalue weighted by Crippen LogP contribution is -1.86. The summed E-state index contributed by atoms with van der Waals surface area (Å²) in [5, 5.41) is 9.04. The molecule has 0 fully saturated rings. The Morgan fingerprint density at radius 2 is 1.65 bits per heavy atom. The first-order valence-electron chi connectivity index (χ1n) is 8.65. The number of hydrogen-bond donors (Lipinski definition) is 0. The van der Waals surface area contributed by atoms with Crippen LogP contribution in [0.25, 0.3) is 16.9 Å². The van der Waals surface area contributed by atoms with Crippen molar-refractivity contribution in [2.45, 2.75) is 20.8 Å². The van der Waals surface area contributed by atoms with Gasteiger partial charge in [0.25, 0.3) is 0 Å². The van der Waals surface area contributed by atoms with E-state index >= 15 is 0 Å². The van der Waals surface area contributed by atoms with Gasteiger partial charge in [-0.3, -0.25) is 4.40 Å². The molecular weight excluding hydrogens is 320 g/mol. The predicted octanol–water partition coefficient (Wildman–Crippen LogP) is 6.34. The molecular formula is C22H20N4. The van der Waals surface area contributed by atoms with Crippen LogP contribution in [0.15, 0.2) is 77.1 Å². The number of benzene rings is 2. The van der Waals surface area contributed by atoms with E-state index in [0.29, 0.717) is 0 Å². The number of pyridine rings is 1. The van der Waals surface area contributed by atoms with Crippen LogP contribution in [0.2, 0.25) is 0 Å². The summed E-state index contributed by atoms with van der Waals surface area (Å²) >= 11 is 0. The van der Waals surface area contributed by atoms with Crippen molar-refractivity contribution in [2.24, 2.45) is 10.2 Å². The molecule has 128 valence electrons. The van der Waals surface area contributed by atoms with Crippen LogP contribution in [-0.4, -0.2) is 9.38 Å². The molecule has 2 aromatic carbocycles. The minimum atomic E-state index is 0.746. The molecule has 0 amide bonds. The largest absolute Gasteiger partial charge is 0.283 e. The molecule has 4 nitrogen and oxygen atoms in total. The number of imidazole rings is 1. The maximum absolute atomic E-state index is 4.82. The topological polar surface area (TPSA) is 42.0 Å². The number of aryl methyl sites for hydroxylation is 3. The highest BCUT2D eigenvalue weighted by atomic mass is 15.2. The van der Waals surface area contributed by atoms with Crippen molar-refractivity contribution in [1.82, 2.24) is 9.38 Å². The Hall–Kier alpha value is -3.27. The molecule has 26 heavy (non-hydrogen) atoms. The molecule has 0 aliphatic rings. The van der Waals surface area contributed by atoms with Crippen molar-refractivity contribution in [3.63, 3.8) is 0 Å². The third-order valence-electron chi connectivity index (χ3n) is 4.41. The van der Waals surface area contributed by atoms with Gasteiger partial charge in [0.15, 0.2) is 5.82 Å². The lowest BCUT2D eigenvalue weighted by atomic mass is 10.0. The van der Waals surface area contributed by atoms with E-state index in [2.05, 4.69) is 55.3 Å². The van der Waals surface area contributed by atoms with E-state index in [1.807, 2.05) is 47.0 Å². The van der Waals surface area contributed by atoms with E-state index in [1.54, 1.807) is 0 Å². The minimum absolute atomic E-state index is 0.746. The molecule has 0 unspecified atom stereocenters. The van der Waals surface area contributed by atoms with Crippen LogP contribution in [0.4, 0.5) is 11.5 Å². The molecule has 0 saturated carbocycles. The predicted molar refractivity (Wildman–Crippen MR) is 105 cm³/mol. The number of fused-ring (bicyclic) bond motifs is 1. The van der Waals surface area contributed by atoms with Crippen LogP contribution < -0.4 is 0 Å². The van der Waals surface area contributed by atoms with Gasteiger partial charge < -0.3 is 0 Å². The summed E-state index contributed by atoms with van der Waals surface area (Å²) in [7, 11) is 0. The summed E-state index contributed by atoms with van der Waals surface area (Å²) in [5.74, 6) is 0.746. The highest BCUT2D eigenvalue weighted by Gasteiger charge is 2.15. The van der Waals surface area contributed by atoms with Crippen molar-refractivity contribution in [1.29, 1.82) is 0 Å². The molecule has 0 radical (unpaired) electrons. The zero-order chi connectivity index (χ0) is 18.1. The van der Waals surface area contributed by atoms with E-state index in [9.17, 15) is 0 Å². The first-order valence-corrected chi connectivity index (χ1v) is 8.65. The SMILES string of the molecule is Cc1cccc(N=Nc2c(-c3cc(C)ccc3C)nc3ccccn23)c1. The van der Waals surface area contributed by atoms with E-state index < -0.39 is 0 Å². The monoisotopic (exact) mass is 340 g/mol. The van der Waals surface area contributed by atoms with Crippen molar-refractivity contribution in [3.8, 4) is 11.3 Å². The fourth-order valence-corrected chi connectivity index (χ4v) is 3.05. The molecule has 4 heteroatoms. The van der Waals surface area contributed by atoms with Crippen LogP contribution >= 0.6 is 0 Å². The smallest absolute Gasteiger partial charge is 0.187 e. The standard InChI is InChI=1S/C22H20N4/c1-15-7-6-8-18(13-15)24-25-22-21(19-14-16(2)10-11-17(19)3)23-20-9-4-5-12-26(20)22/h4-14H,1-3H3. The molecule has 0 spiro atoms. The average Bonchev–Trinajstić information content (AvgIpc) is 3.00. The lowest BCUT2D eigenvalue weighted by molar-refractivity contribution is 1.10. The maximum atomic E-state index is 4.82. The Morgan fingerprint density at radius 3 is 2.50 bits per heavy atom. The molecule has 2 heterocycles. The third kappa shape index (κ3) is 3.02. The Kier molecular flexibility index (Phi) is 4.09. The minimum Gasteiger partial charge on any atom is -0.283 e. The molecule has 2 aromatic heterocycles. The molecule has 0 N–H and O–H groups in total. The van der Waals surface area contributed by atoms with Crippen molar-refractivity contribution >= 4 is 17.2 Å². The fraction of sp³-hybridized carbons (Fsp3) is 0.136. The number of azo groups is 1. The summed E-state index contributed by atoms with van der Waals surface area (Å²) in [4.78, 5) is 4.82. The second-order valence-corrected chi connectivity index (χ2v) is 6.57. The summed E-state index contributed by atoms with van der Waals surface area (Å²) in [6.07, 6.45) is 1.97. The number of nitrogens with zero attached hydrogens (tertiary/aromatic N) is 4. The van der Waals surface area contributed by atoms with Gasteiger partial charge in [-0.1, -0.05) is 35.9 Å². The summed E-state index contributed by atoms with van der Waals surface area (Å²) in [6.45, 7) is 6.24. The summed E-state index contributed by atoms with van der Waals surface area (Å²) < 4.78 is 1.98. The Balaban J connectivity index is 1.91. The van der Waals surface area contributed by atoms with Crippen LogP contribution in [0.1, 0.15) is 16.7 Å². The van der Waals surface area contributed by atoms with E-state index in [0.717, 1.165) is 34.0 Å². The zero-order valence-corrected chi connectivity index (χ0v) is 15.1. The normalized spacial score (nSPS) is 11.5. The average molecular weight is 340 g/mol. The lowest BCUT2D eigenvalue weighted by Gasteiger charge is -2.05. The molecule has 4 aromatic rings. The first-order chi connectivity index (χ1) is 12.6. The van der Waals surface area contributed by atoms with Crippen LogP contribution in [-0.2, 0) is 0 Å². The fourth-order valence-electron chi connectivity index (χ4n) is 3.05. The van der Waals surface area contributed by atoms with Gasteiger partial charge in [-0.2, -0.15) is 0 Å². The van der Waals surface area contributed by atoms with Gasteiger partial charge in [0, 0.05) is 11.8 Å². The van der Waals surface area contributed by atoms with Crippen molar-refractivity contribution in [2.75, 3.05) is 0 Å². The quantitative estimate of drug-likeness (QED) is 0.401. The molecule has 0 atom stereocenters. The summed E-state index contributed by atoms with van der Waals surface area (Å²) in [6, 6.07) is 20.4. The van der Waals surface area contributed by atoms with Gasteiger partial charge in [0.1, 0.15) is 11.3 Å². The van der Waals surface area contributed by atoms with Crippen molar-refractivity contribution in [3.05, 3.63) is 83.6 Å². The second kappa shape index (κ2) is 6.56. The first kappa shape index (κ1) is 16.2.